The Morgan fingerprint density at radius 1 is 0.870 bits per heavy atom. The van der Waals surface area contributed by atoms with Gasteiger partial charge in [0.25, 0.3) is 0 Å². The quantitative estimate of drug-likeness (QED) is 0.348. The number of unbranched alkanes of at least 4 members (excludes halogenated alkanes) is 2. The summed E-state index contributed by atoms with van der Waals surface area (Å²) in [7, 11) is 0. The van der Waals surface area contributed by atoms with E-state index in [0.717, 1.165) is 19.0 Å². The maximum Gasteiger partial charge on any atom is 0.188 e. The van der Waals surface area contributed by atoms with Gasteiger partial charge in [0.2, 0.25) is 0 Å². The van der Waals surface area contributed by atoms with E-state index in [4.69, 9.17) is 5.41 Å². The minimum atomic E-state index is 0. The number of hydrogen-bond acceptors (Lipinski definition) is 2. The van der Waals surface area contributed by atoms with Crippen LogP contribution in [0.15, 0.2) is 0 Å². The summed E-state index contributed by atoms with van der Waals surface area (Å²) in [5.41, 5.74) is 0. The molecule has 1 aliphatic carbocycles. The molecular formula is C17H36Cl2N4. The summed E-state index contributed by atoms with van der Waals surface area (Å²) >= 11 is 0. The standard InChI is InChI=1S/C17H34N4.2ClH/c18-17(20-15-16-9-3-1-4-10-16)19-11-5-2-6-12-21-13-7-8-14-21;;/h16H,1-15H2,(H3,18,19,20);2*1H. The molecule has 0 atom stereocenters. The lowest BCUT2D eigenvalue weighted by atomic mass is 9.89. The van der Waals surface area contributed by atoms with Crippen LogP contribution in [0.5, 0.6) is 0 Å². The van der Waals surface area contributed by atoms with Gasteiger partial charge in [-0.2, -0.15) is 0 Å². The van der Waals surface area contributed by atoms with Crippen molar-refractivity contribution >= 4 is 30.8 Å². The Bertz CT molecular complexity index is 290. The third kappa shape index (κ3) is 10.3. The van der Waals surface area contributed by atoms with Crippen molar-refractivity contribution in [1.29, 1.82) is 5.41 Å². The van der Waals surface area contributed by atoms with Gasteiger partial charge in [-0.15, -0.1) is 24.8 Å². The Balaban J connectivity index is 0.00000242. The van der Waals surface area contributed by atoms with E-state index in [1.807, 2.05) is 0 Å². The molecule has 0 amide bonds. The third-order valence-electron chi connectivity index (χ3n) is 4.94. The van der Waals surface area contributed by atoms with Crippen molar-refractivity contribution in [3.63, 3.8) is 0 Å². The van der Waals surface area contributed by atoms with Crippen LogP contribution in [-0.2, 0) is 0 Å². The second-order valence-electron chi connectivity index (χ2n) is 6.80. The van der Waals surface area contributed by atoms with Crippen LogP contribution in [0.3, 0.4) is 0 Å². The summed E-state index contributed by atoms with van der Waals surface area (Å²) in [5, 5.41) is 14.4. The summed E-state index contributed by atoms with van der Waals surface area (Å²) in [5.74, 6) is 1.32. The monoisotopic (exact) mass is 366 g/mol. The van der Waals surface area contributed by atoms with Crippen molar-refractivity contribution in [2.24, 2.45) is 5.92 Å². The first-order valence-electron chi connectivity index (χ1n) is 9.13. The van der Waals surface area contributed by atoms with Crippen LogP contribution in [0.25, 0.3) is 0 Å². The lowest BCUT2D eigenvalue weighted by molar-refractivity contribution is 0.328. The molecule has 2 fully saturated rings. The predicted octanol–water partition coefficient (Wildman–Crippen LogP) is 3.79. The van der Waals surface area contributed by atoms with E-state index in [1.165, 1.54) is 83.8 Å². The Morgan fingerprint density at radius 2 is 1.57 bits per heavy atom. The first kappa shape index (κ1) is 22.8. The van der Waals surface area contributed by atoms with Gasteiger partial charge in [-0.05, 0) is 64.1 Å². The van der Waals surface area contributed by atoms with Gasteiger partial charge >= 0.3 is 0 Å². The topological polar surface area (TPSA) is 51.2 Å². The normalized spacial score (nSPS) is 18.8. The molecule has 0 aromatic carbocycles. The molecule has 0 unspecified atom stereocenters. The average molecular weight is 367 g/mol. The van der Waals surface area contributed by atoms with Crippen LogP contribution >= 0.6 is 24.8 Å². The lowest BCUT2D eigenvalue weighted by Crippen LogP contribution is -2.39. The number of nitrogens with one attached hydrogen (secondary N) is 3. The molecule has 0 aromatic heterocycles. The van der Waals surface area contributed by atoms with E-state index in [0.29, 0.717) is 5.96 Å². The molecule has 1 aliphatic heterocycles. The molecule has 2 aliphatic rings. The van der Waals surface area contributed by atoms with Gasteiger partial charge in [-0.25, -0.2) is 0 Å². The van der Waals surface area contributed by atoms with Gasteiger partial charge in [0, 0.05) is 13.1 Å². The Hall–Kier alpha value is -0.190. The maximum absolute atomic E-state index is 7.89. The van der Waals surface area contributed by atoms with Gasteiger partial charge in [0.05, 0.1) is 0 Å². The number of hydrogen-bond donors (Lipinski definition) is 3. The zero-order valence-corrected chi connectivity index (χ0v) is 16.1. The molecule has 6 heteroatoms. The van der Waals surface area contributed by atoms with Crippen molar-refractivity contribution in [2.45, 2.75) is 64.2 Å². The van der Waals surface area contributed by atoms with Crippen molar-refractivity contribution in [2.75, 3.05) is 32.7 Å². The van der Waals surface area contributed by atoms with Crippen LogP contribution in [0.2, 0.25) is 0 Å². The van der Waals surface area contributed by atoms with Crippen molar-refractivity contribution in [3.8, 4) is 0 Å². The predicted molar refractivity (Wildman–Crippen MR) is 104 cm³/mol. The average Bonchev–Trinajstić information content (AvgIpc) is 3.03. The van der Waals surface area contributed by atoms with E-state index in [2.05, 4.69) is 15.5 Å². The molecule has 0 spiro atoms. The van der Waals surface area contributed by atoms with Crippen LogP contribution in [-0.4, -0.2) is 43.6 Å². The first-order valence-corrected chi connectivity index (χ1v) is 9.13. The van der Waals surface area contributed by atoms with Gasteiger partial charge in [-0.3, -0.25) is 5.41 Å². The molecule has 0 bridgehead atoms. The number of rotatable bonds is 8. The molecule has 23 heavy (non-hydrogen) atoms. The smallest absolute Gasteiger partial charge is 0.188 e. The number of guanidine groups is 1. The van der Waals surface area contributed by atoms with Crippen LogP contribution in [0.4, 0.5) is 0 Å². The SMILES string of the molecule is Cl.Cl.N=C(NCCCCCN1CCCC1)NCC1CCCCC1. The Kier molecular flexibility index (Phi) is 14.1. The summed E-state index contributed by atoms with van der Waals surface area (Å²) < 4.78 is 0. The fourth-order valence-corrected chi connectivity index (χ4v) is 3.56. The molecule has 0 aromatic rings. The van der Waals surface area contributed by atoms with E-state index in [-0.39, 0.29) is 24.8 Å². The highest BCUT2D eigenvalue weighted by molar-refractivity contribution is 5.85. The Morgan fingerprint density at radius 3 is 2.26 bits per heavy atom. The molecule has 1 saturated heterocycles. The number of likely N-dealkylation sites (tertiary alicyclic amines) is 1. The van der Waals surface area contributed by atoms with Crippen molar-refractivity contribution in [1.82, 2.24) is 15.5 Å². The molecule has 2 rings (SSSR count). The fraction of sp³-hybridized carbons (Fsp3) is 0.941. The highest BCUT2D eigenvalue weighted by Crippen LogP contribution is 2.22. The lowest BCUT2D eigenvalue weighted by Gasteiger charge is -2.22. The zero-order valence-electron chi connectivity index (χ0n) is 14.4. The van der Waals surface area contributed by atoms with Gasteiger partial charge in [0.1, 0.15) is 0 Å². The number of halogens is 2. The van der Waals surface area contributed by atoms with E-state index in [9.17, 15) is 0 Å². The highest BCUT2D eigenvalue weighted by Gasteiger charge is 2.13. The van der Waals surface area contributed by atoms with Gasteiger partial charge in [0.15, 0.2) is 5.96 Å². The Labute approximate surface area is 154 Å². The minimum absolute atomic E-state index is 0. The van der Waals surface area contributed by atoms with Crippen LogP contribution in [0.1, 0.15) is 64.2 Å². The van der Waals surface area contributed by atoms with Gasteiger partial charge < -0.3 is 15.5 Å². The first-order chi connectivity index (χ1) is 10.3. The molecule has 1 heterocycles. The number of nitrogens with zero attached hydrogens (tertiary/aromatic N) is 1. The van der Waals surface area contributed by atoms with Gasteiger partial charge in [-0.1, -0.05) is 25.7 Å². The van der Waals surface area contributed by atoms with Crippen LogP contribution < -0.4 is 10.6 Å². The highest BCUT2D eigenvalue weighted by atomic mass is 35.5. The van der Waals surface area contributed by atoms with E-state index < -0.39 is 0 Å². The summed E-state index contributed by atoms with van der Waals surface area (Å²) in [4.78, 5) is 2.58. The molecule has 3 N–H and O–H groups in total. The molecule has 138 valence electrons. The fourth-order valence-electron chi connectivity index (χ4n) is 3.56. The third-order valence-corrected chi connectivity index (χ3v) is 4.94. The molecule has 4 nitrogen and oxygen atoms in total. The van der Waals surface area contributed by atoms with E-state index in [1.54, 1.807) is 0 Å². The minimum Gasteiger partial charge on any atom is -0.357 e. The largest absolute Gasteiger partial charge is 0.357 e. The zero-order chi connectivity index (χ0) is 14.8. The van der Waals surface area contributed by atoms with E-state index >= 15 is 0 Å². The molecule has 1 saturated carbocycles. The van der Waals surface area contributed by atoms with Crippen molar-refractivity contribution in [3.05, 3.63) is 0 Å². The van der Waals surface area contributed by atoms with Crippen LogP contribution in [0, 0.1) is 11.3 Å². The second-order valence-corrected chi connectivity index (χ2v) is 6.80. The van der Waals surface area contributed by atoms with Crippen molar-refractivity contribution < 1.29 is 0 Å². The summed E-state index contributed by atoms with van der Waals surface area (Å²) in [6.45, 7) is 5.83. The second kappa shape index (κ2) is 14.2. The summed E-state index contributed by atoms with van der Waals surface area (Å²) in [6, 6.07) is 0. The maximum atomic E-state index is 7.89. The molecule has 0 radical (unpaired) electrons. The molecular weight excluding hydrogens is 331 g/mol. The summed E-state index contributed by atoms with van der Waals surface area (Å²) in [6.07, 6.45) is 13.4.